The van der Waals surface area contributed by atoms with Gasteiger partial charge in [0.1, 0.15) is 0 Å². The molecule has 0 atom stereocenters. The quantitative estimate of drug-likeness (QED) is 0.0650. The number of hydrogen-bond donors (Lipinski definition) is 0. The molecule has 0 aromatic heterocycles. The van der Waals surface area contributed by atoms with E-state index in [-0.39, 0.29) is 59.2 Å². The van der Waals surface area contributed by atoms with Gasteiger partial charge in [0.15, 0.2) is 0 Å². The van der Waals surface area contributed by atoms with Crippen molar-refractivity contribution >= 4 is 136 Å². The molecular formula is C73H63F6P5Pt2Se2. The zero-order chi connectivity index (χ0) is 60.1. The smallest absolute Gasteiger partial charge is 0 e. The van der Waals surface area contributed by atoms with E-state index in [1.807, 2.05) is 5.82 Å². The predicted molar refractivity (Wildman–Crippen MR) is 372 cm³/mol. The Bertz CT molecular complexity index is 2850. The summed E-state index contributed by atoms with van der Waals surface area (Å²) in [7, 11) is -12.4. The zero-order valence-corrected chi connectivity index (χ0v) is 60.0. The summed E-state index contributed by atoms with van der Waals surface area (Å²) in [6.45, 7) is 0. The summed E-state index contributed by atoms with van der Waals surface area (Å²) in [6, 6.07) is 129. The maximum atomic E-state index is 9.87. The Balaban J connectivity index is 0.000000237. The third-order valence-corrected chi connectivity index (χ3v) is 21.9. The molecule has 0 saturated carbocycles. The van der Waals surface area contributed by atoms with E-state index in [0.29, 0.717) is 0 Å². The zero-order valence-electron chi connectivity index (χ0n) is 47.6. The molecule has 15 heteroatoms. The summed E-state index contributed by atoms with van der Waals surface area (Å²) < 4.78 is 59.2. The molecule has 0 aliphatic heterocycles. The molecule has 12 rings (SSSR count). The first kappa shape index (κ1) is 75.2. The van der Waals surface area contributed by atoms with E-state index >= 15 is 0 Å². The van der Waals surface area contributed by atoms with Crippen LogP contribution in [0.15, 0.2) is 364 Å². The van der Waals surface area contributed by atoms with E-state index in [2.05, 4.69) is 380 Å². The Labute approximate surface area is 568 Å². The monoisotopic (exact) mass is 1760 g/mol. The summed E-state index contributed by atoms with van der Waals surface area (Å²) in [5, 5.41) is 16.8. The van der Waals surface area contributed by atoms with Gasteiger partial charge in [-0.1, -0.05) is 364 Å². The van der Waals surface area contributed by atoms with Gasteiger partial charge in [0.05, 0.1) is 0 Å². The van der Waals surface area contributed by atoms with Crippen LogP contribution in [0.1, 0.15) is 0 Å². The summed E-state index contributed by atoms with van der Waals surface area (Å²) >= 11 is 2.62. The third-order valence-electron chi connectivity index (χ3n) is 12.2. The fourth-order valence-electron chi connectivity index (χ4n) is 8.71. The molecular weight excluding hydrogens is 1690 g/mol. The van der Waals surface area contributed by atoms with E-state index in [0.717, 1.165) is 0 Å². The van der Waals surface area contributed by atoms with Crippen LogP contribution in [0, 0.1) is 0 Å². The van der Waals surface area contributed by atoms with E-state index < -0.39 is 39.5 Å². The molecule has 12 aromatic carbocycles. The molecule has 0 amide bonds. The first-order chi connectivity index (χ1) is 41.2. The molecule has 0 heterocycles. The van der Waals surface area contributed by atoms with Crippen LogP contribution in [0.3, 0.4) is 0 Å². The second kappa shape index (κ2) is 38.5. The van der Waals surface area contributed by atoms with Gasteiger partial charge in [-0.25, -0.2) is 0 Å². The fraction of sp³-hybridized carbons (Fsp3) is 0.0137. The van der Waals surface area contributed by atoms with Gasteiger partial charge in [0.2, 0.25) is 0 Å². The van der Waals surface area contributed by atoms with Gasteiger partial charge in [0.25, 0.3) is 0 Å². The van der Waals surface area contributed by atoms with Crippen LogP contribution < -0.4 is 63.7 Å². The van der Waals surface area contributed by atoms with Crippen LogP contribution in [0.25, 0.3) is 0 Å². The van der Waals surface area contributed by atoms with Crippen molar-refractivity contribution in [1.29, 1.82) is 0 Å². The normalized spacial score (nSPS) is 11.0. The maximum absolute atomic E-state index is 10.7. The van der Waals surface area contributed by atoms with Crippen LogP contribution >= 0.6 is 39.5 Å². The largest absolute Gasteiger partial charge is 0.0622 e. The van der Waals surface area contributed by atoms with Crippen LogP contribution in [-0.4, -0.2) is 33.1 Å². The molecule has 4 radical (unpaired) electrons. The van der Waals surface area contributed by atoms with Crippen LogP contribution in [0.4, 0.5) is 25.2 Å². The average Bonchev–Trinajstić information content (AvgIpc) is 2.92. The van der Waals surface area contributed by atoms with Gasteiger partial charge in [-0.2, -0.15) is 0 Å². The predicted octanol–water partition coefficient (Wildman–Crippen LogP) is 17.0. The molecule has 454 valence electrons. The molecule has 0 aliphatic carbocycles. The van der Waals surface area contributed by atoms with Gasteiger partial charge in [-0.05, 0) is 95.3 Å². The number of rotatable bonds is 12. The van der Waals surface area contributed by atoms with Crippen molar-refractivity contribution in [2.24, 2.45) is 0 Å². The summed E-state index contributed by atoms with van der Waals surface area (Å²) in [4.78, 5) is 0. The number of benzene rings is 12. The van der Waals surface area contributed by atoms with Gasteiger partial charge >= 0.3 is 54.8 Å². The molecule has 12 aromatic rings. The van der Waals surface area contributed by atoms with Crippen molar-refractivity contribution in [3.05, 3.63) is 364 Å². The first-order valence-electron chi connectivity index (χ1n) is 27.0. The fourth-order valence-corrected chi connectivity index (χ4v) is 17.9. The number of halogens is 6. The third kappa shape index (κ3) is 26.7. The second-order valence-electron chi connectivity index (χ2n) is 18.3. The van der Waals surface area contributed by atoms with Crippen molar-refractivity contribution in [3.8, 4) is 0 Å². The number of hydrogen-bond acceptors (Lipinski definition) is 0. The van der Waals surface area contributed by atoms with Crippen molar-refractivity contribution in [3.63, 3.8) is 0 Å². The van der Waals surface area contributed by atoms with Crippen LogP contribution in [0.5, 0.6) is 0 Å². The summed E-state index contributed by atoms with van der Waals surface area (Å²) in [5.74, 6) is 1.88. The molecule has 0 N–H and O–H groups in total. The van der Waals surface area contributed by atoms with Crippen LogP contribution in [-0.2, 0) is 42.1 Å². The minimum atomic E-state index is -10.7. The van der Waals surface area contributed by atoms with Crippen LogP contribution in [0.2, 0.25) is 5.82 Å². The SMILES string of the molecule is C[Se+].F[P-](F)(F)(F)(F)F.[Pt].[Pt].[Se].c1ccc(P(c2ccccc2)c2ccccc2)cc1.c1ccc(P(c2ccccc2)c2ccccc2)cc1.c1ccc(P(c2ccccc2)c2ccccc2)cc1.c1ccc(P(c2ccccc2)c2ccccc2)cc1. The Morgan fingerprint density at radius 2 is 0.239 bits per heavy atom. The molecule has 88 heavy (non-hydrogen) atoms. The molecule has 0 bridgehead atoms. The summed E-state index contributed by atoms with van der Waals surface area (Å²) in [5.41, 5.74) is 0. The Kier molecular flexibility index (Phi) is 32.9. The van der Waals surface area contributed by atoms with E-state index in [4.69, 9.17) is 0 Å². The van der Waals surface area contributed by atoms with Gasteiger partial charge in [-0.3, -0.25) is 0 Å². The second-order valence-corrected chi connectivity index (χ2v) is 29.1. The maximum Gasteiger partial charge on any atom is 0 e. The van der Waals surface area contributed by atoms with E-state index in [9.17, 15) is 25.2 Å². The Morgan fingerprint density at radius 3 is 0.295 bits per heavy atom. The molecule has 0 aliphatic rings. The van der Waals surface area contributed by atoms with E-state index in [1.54, 1.807) is 0 Å². The van der Waals surface area contributed by atoms with Crippen molar-refractivity contribution in [1.82, 2.24) is 0 Å². The first-order valence-corrected chi connectivity index (χ1v) is 36.1. The summed E-state index contributed by atoms with van der Waals surface area (Å²) in [6.07, 6.45) is 0. The molecule has 0 nitrogen and oxygen atoms in total. The van der Waals surface area contributed by atoms with Gasteiger partial charge in [-0.15, -0.1) is 0 Å². The molecule has 0 fully saturated rings. The molecule has 0 saturated heterocycles. The Morgan fingerprint density at radius 1 is 0.182 bits per heavy atom. The Hall–Kier alpha value is -5.21. The van der Waals surface area contributed by atoms with Gasteiger partial charge in [0, 0.05) is 59.2 Å². The standard InChI is InChI=1S/4C18H15P.CH3Se.F6P.2Pt.Se/c4*1-4-10-16(11-5-1)19(17-12-6-2-7-13-17)18-14-8-3-9-15-18;1-2;1-7(2,3,4,5)6;;;/h4*1-15H;1H3;;;;/q;;;;+1;-1;;;. The van der Waals surface area contributed by atoms with Crippen molar-refractivity contribution in [2.45, 2.75) is 5.82 Å². The topological polar surface area (TPSA) is 0 Å². The molecule has 0 unspecified atom stereocenters. The molecule has 0 spiro atoms. The minimum Gasteiger partial charge on any atom is -0.0622 e. The van der Waals surface area contributed by atoms with Crippen molar-refractivity contribution < 1.29 is 67.3 Å². The van der Waals surface area contributed by atoms with Crippen molar-refractivity contribution in [2.75, 3.05) is 0 Å². The minimum absolute atomic E-state index is 0. The van der Waals surface area contributed by atoms with Gasteiger partial charge < -0.3 is 0 Å². The average molecular weight is 1760 g/mol. The van der Waals surface area contributed by atoms with E-state index in [1.165, 1.54) is 63.7 Å².